The molecule has 0 amide bonds. The van der Waals surface area contributed by atoms with Crippen molar-refractivity contribution >= 4 is 27.3 Å². The largest absolute Gasteiger partial charge is 0.398 e. The first-order chi connectivity index (χ1) is 9.46. The third-order valence-corrected chi connectivity index (χ3v) is 6.19. The van der Waals surface area contributed by atoms with Gasteiger partial charge in [0.05, 0.1) is 5.69 Å². The van der Waals surface area contributed by atoms with E-state index in [9.17, 15) is 8.42 Å². The fourth-order valence-electron chi connectivity index (χ4n) is 2.87. The molecule has 0 spiro atoms. The first kappa shape index (κ1) is 15.6. The molecule has 1 aromatic carbocycles. The fraction of sp³-hybridized carbons (Fsp3) is 0.571. The number of hydrogen-bond donors (Lipinski definition) is 1. The maximum absolute atomic E-state index is 12.8. The predicted molar refractivity (Wildman–Crippen MR) is 82.3 cm³/mol. The average molecular weight is 317 g/mol. The normalized spacial score (nSPS) is 17.6. The van der Waals surface area contributed by atoms with Crippen molar-refractivity contribution in [1.82, 2.24) is 4.31 Å². The Labute approximate surface area is 126 Å². The van der Waals surface area contributed by atoms with Crippen molar-refractivity contribution in [2.75, 3.05) is 12.3 Å². The smallest absolute Gasteiger partial charge is 0.245 e. The summed E-state index contributed by atoms with van der Waals surface area (Å²) in [5.74, 6) is 0. The molecule has 0 radical (unpaired) electrons. The molecule has 1 fully saturated rings. The zero-order chi connectivity index (χ0) is 14.8. The molecule has 0 saturated heterocycles. The lowest BCUT2D eigenvalue weighted by Crippen LogP contribution is -2.41. The van der Waals surface area contributed by atoms with Crippen molar-refractivity contribution < 1.29 is 8.42 Å². The lowest BCUT2D eigenvalue weighted by molar-refractivity contribution is 0.261. The van der Waals surface area contributed by atoms with E-state index >= 15 is 0 Å². The molecule has 2 rings (SSSR count). The van der Waals surface area contributed by atoms with Crippen LogP contribution in [0.1, 0.15) is 39.0 Å². The van der Waals surface area contributed by atoms with Gasteiger partial charge in [0.15, 0.2) is 0 Å². The van der Waals surface area contributed by atoms with Gasteiger partial charge in [0.25, 0.3) is 0 Å². The highest BCUT2D eigenvalue weighted by Crippen LogP contribution is 2.30. The SMILES string of the molecule is CCN(C1CCCCC1)S(=O)(=O)c1ccc(Cl)cc1N. The van der Waals surface area contributed by atoms with Gasteiger partial charge in [0.1, 0.15) is 4.90 Å². The molecule has 0 aliphatic heterocycles. The van der Waals surface area contributed by atoms with Crippen LogP contribution >= 0.6 is 11.6 Å². The zero-order valence-electron chi connectivity index (χ0n) is 11.7. The van der Waals surface area contributed by atoms with Gasteiger partial charge in [-0.05, 0) is 31.0 Å². The van der Waals surface area contributed by atoms with Crippen molar-refractivity contribution in [1.29, 1.82) is 0 Å². The first-order valence-corrected chi connectivity index (χ1v) is 8.85. The number of nitrogen functional groups attached to an aromatic ring is 1. The molecule has 1 aromatic rings. The maximum Gasteiger partial charge on any atom is 0.245 e. The Hall–Kier alpha value is -0.780. The Morgan fingerprint density at radius 3 is 2.50 bits per heavy atom. The van der Waals surface area contributed by atoms with Crippen LogP contribution in [0, 0.1) is 0 Å². The summed E-state index contributed by atoms with van der Waals surface area (Å²) in [7, 11) is -3.55. The highest BCUT2D eigenvalue weighted by atomic mass is 35.5. The third kappa shape index (κ3) is 3.10. The van der Waals surface area contributed by atoms with Crippen LogP contribution in [0.4, 0.5) is 5.69 Å². The predicted octanol–water partition coefficient (Wildman–Crippen LogP) is 3.27. The standard InChI is InChI=1S/C14H21ClN2O2S/c1-2-17(12-6-4-3-5-7-12)20(18,19)14-9-8-11(15)10-13(14)16/h8-10,12H,2-7,16H2,1H3. The van der Waals surface area contributed by atoms with Crippen molar-refractivity contribution in [2.45, 2.75) is 50.0 Å². The Balaban J connectivity index is 2.35. The van der Waals surface area contributed by atoms with E-state index in [-0.39, 0.29) is 16.6 Å². The molecule has 0 heterocycles. The van der Waals surface area contributed by atoms with E-state index in [2.05, 4.69) is 0 Å². The van der Waals surface area contributed by atoms with Crippen LogP contribution in [0.3, 0.4) is 0 Å². The molecular weight excluding hydrogens is 296 g/mol. The molecule has 4 nitrogen and oxygen atoms in total. The summed E-state index contributed by atoms with van der Waals surface area (Å²) in [6, 6.07) is 4.65. The second-order valence-corrected chi connectivity index (χ2v) is 7.48. The topological polar surface area (TPSA) is 63.4 Å². The monoisotopic (exact) mass is 316 g/mol. The number of sulfonamides is 1. The van der Waals surface area contributed by atoms with Gasteiger partial charge in [-0.25, -0.2) is 8.42 Å². The Morgan fingerprint density at radius 1 is 1.30 bits per heavy atom. The van der Waals surface area contributed by atoms with E-state index in [1.165, 1.54) is 18.6 Å². The van der Waals surface area contributed by atoms with E-state index in [0.717, 1.165) is 25.7 Å². The fourth-order valence-corrected chi connectivity index (χ4v) is 4.85. The third-order valence-electron chi connectivity index (χ3n) is 3.85. The van der Waals surface area contributed by atoms with E-state index in [1.54, 1.807) is 10.4 Å². The van der Waals surface area contributed by atoms with Crippen molar-refractivity contribution in [3.8, 4) is 0 Å². The molecule has 6 heteroatoms. The van der Waals surface area contributed by atoms with Crippen LogP contribution in [0.25, 0.3) is 0 Å². The summed E-state index contributed by atoms with van der Waals surface area (Å²) in [5, 5.41) is 0.446. The summed E-state index contributed by atoms with van der Waals surface area (Å²) >= 11 is 5.84. The number of anilines is 1. The number of halogens is 1. The summed E-state index contributed by atoms with van der Waals surface area (Å²) < 4.78 is 27.2. The van der Waals surface area contributed by atoms with E-state index in [4.69, 9.17) is 17.3 Å². The van der Waals surface area contributed by atoms with Crippen LogP contribution < -0.4 is 5.73 Å². The number of benzene rings is 1. The van der Waals surface area contributed by atoms with Gasteiger partial charge in [-0.1, -0.05) is 37.8 Å². The minimum absolute atomic E-state index is 0.0915. The molecule has 0 unspecified atom stereocenters. The Bertz CT molecular complexity index is 569. The maximum atomic E-state index is 12.8. The molecule has 0 atom stereocenters. The van der Waals surface area contributed by atoms with Gasteiger partial charge in [0, 0.05) is 17.6 Å². The quantitative estimate of drug-likeness (QED) is 0.867. The van der Waals surface area contributed by atoms with Crippen LogP contribution in [0.5, 0.6) is 0 Å². The molecule has 20 heavy (non-hydrogen) atoms. The van der Waals surface area contributed by atoms with Gasteiger partial charge in [-0.2, -0.15) is 4.31 Å². The van der Waals surface area contributed by atoms with E-state index in [0.29, 0.717) is 11.6 Å². The van der Waals surface area contributed by atoms with Crippen LogP contribution in [0.2, 0.25) is 5.02 Å². The number of nitrogens with zero attached hydrogens (tertiary/aromatic N) is 1. The second kappa shape index (κ2) is 6.33. The molecule has 1 aliphatic carbocycles. The summed E-state index contributed by atoms with van der Waals surface area (Å²) in [6.07, 6.45) is 5.23. The van der Waals surface area contributed by atoms with Gasteiger partial charge in [-0.3, -0.25) is 0 Å². The highest BCUT2D eigenvalue weighted by Gasteiger charge is 2.32. The summed E-state index contributed by atoms with van der Waals surface area (Å²) in [5.41, 5.74) is 6.05. The minimum Gasteiger partial charge on any atom is -0.398 e. The second-order valence-electron chi connectivity index (χ2n) is 5.18. The van der Waals surface area contributed by atoms with E-state index < -0.39 is 10.0 Å². The van der Waals surface area contributed by atoms with Gasteiger partial charge in [-0.15, -0.1) is 0 Å². The van der Waals surface area contributed by atoms with Crippen molar-refractivity contribution in [3.63, 3.8) is 0 Å². The van der Waals surface area contributed by atoms with Crippen molar-refractivity contribution in [2.24, 2.45) is 0 Å². The van der Waals surface area contributed by atoms with Crippen LogP contribution in [0.15, 0.2) is 23.1 Å². The van der Waals surface area contributed by atoms with E-state index in [1.807, 2.05) is 6.92 Å². The van der Waals surface area contributed by atoms with Crippen LogP contribution in [-0.2, 0) is 10.0 Å². The Kier molecular flexibility index (Phi) is 4.94. The Morgan fingerprint density at radius 2 is 1.95 bits per heavy atom. The number of nitrogens with two attached hydrogens (primary N) is 1. The van der Waals surface area contributed by atoms with Crippen LogP contribution in [-0.4, -0.2) is 25.3 Å². The molecular formula is C14H21ClN2O2S. The molecule has 1 aliphatic rings. The van der Waals surface area contributed by atoms with Crippen molar-refractivity contribution in [3.05, 3.63) is 23.2 Å². The molecule has 0 aromatic heterocycles. The lowest BCUT2D eigenvalue weighted by atomic mass is 9.95. The highest BCUT2D eigenvalue weighted by molar-refractivity contribution is 7.89. The molecule has 112 valence electrons. The zero-order valence-corrected chi connectivity index (χ0v) is 13.3. The number of rotatable bonds is 4. The molecule has 0 bridgehead atoms. The summed E-state index contributed by atoms with van der Waals surface area (Å²) in [4.78, 5) is 0.161. The van der Waals surface area contributed by atoms with Gasteiger partial charge >= 0.3 is 0 Å². The lowest BCUT2D eigenvalue weighted by Gasteiger charge is -2.32. The number of hydrogen-bond acceptors (Lipinski definition) is 3. The molecule has 2 N–H and O–H groups in total. The minimum atomic E-state index is -3.55. The first-order valence-electron chi connectivity index (χ1n) is 7.03. The average Bonchev–Trinajstić information content (AvgIpc) is 2.40. The summed E-state index contributed by atoms with van der Waals surface area (Å²) in [6.45, 7) is 2.34. The van der Waals surface area contributed by atoms with Gasteiger partial charge < -0.3 is 5.73 Å². The van der Waals surface area contributed by atoms with Gasteiger partial charge in [0.2, 0.25) is 10.0 Å². The molecule has 1 saturated carbocycles.